The number of rotatable bonds is 2. The third-order valence-electron chi connectivity index (χ3n) is 5.11. The third-order valence-corrected chi connectivity index (χ3v) is 5.11. The Morgan fingerprint density at radius 3 is 2.96 bits per heavy atom. The highest BCUT2D eigenvalue weighted by Crippen LogP contribution is 2.48. The van der Waals surface area contributed by atoms with Gasteiger partial charge in [0.05, 0.1) is 19.8 Å². The molecule has 0 bridgehead atoms. The Morgan fingerprint density at radius 2 is 2.21 bits per heavy atom. The van der Waals surface area contributed by atoms with Crippen molar-refractivity contribution in [2.24, 2.45) is 0 Å². The first-order chi connectivity index (χ1) is 11.7. The number of ether oxygens (including phenoxy) is 4. The van der Waals surface area contributed by atoms with Crippen molar-refractivity contribution in [3.63, 3.8) is 0 Å². The van der Waals surface area contributed by atoms with Gasteiger partial charge >= 0.3 is 6.09 Å². The maximum absolute atomic E-state index is 11.5. The molecule has 24 heavy (non-hydrogen) atoms. The number of nitrogens with one attached hydrogen (secondary N) is 1. The summed E-state index contributed by atoms with van der Waals surface area (Å²) in [5.74, 6) is 1.56. The molecule has 3 aliphatic rings. The van der Waals surface area contributed by atoms with E-state index in [1.54, 1.807) is 0 Å². The predicted molar refractivity (Wildman–Crippen MR) is 86.2 cm³/mol. The van der Waals surface area contributed by atoms with Gasteiger partial charge in [0.25, 0.3) is 0 Å². The molecule has 128 valence electrons. The fourth-order valence-corrected chi connectivity index (χ4v) is 3.92. The largest absolute Gasteiger partial charge is 0.454 e. The maximum atomic E-state index is 11.5. The Kier molecular flexibility index (Phi) is 3.84. The molecule has 4 rings (SSSR count). The van der Waals surface area contributed by atoms with Crippen molar-refractivity contribution >= 4 is 6.09 Å². The van der Waals surface area contributed by atoms with E-state index in [2.05, 4.69) is 28.3 Å². The molecule has 0 radical (unpaired) electrons. The highest BCUT2D eigenvalue weighted by Gasteiger charge is 2.45. The lowest BCUT2D eigenvalue weighted by Crippen LogP contribution is -2.50. The summed E-state index contributed by atoms with van der Waals surface area (Å²) >= 11 is 0. The highest BCUT2D eigenvalue weighted by molar-refractivity contribution is 5.67. The molecule has 1 spiro atoms. The van der Waals surface area contributed by atoms with Gasteiger partial charge in [0.1, 0.15) is 0 Å². The zero-order valence-corrected chi connectivity index (χ0v) is 13.7. The van der Waals surface area contributed by atoms with E-state index in [0.717, 1.165) is 36.3 Å². The first-order valence-electron chi connectivity index (χ1n) is 8.27. The molecule has 2 heterocycles. The van der Waals surface area contributed by atoms with Crippen LogP contribution in [-0.4, -0.2) is 32.6 Å². The van der Waals surface area contributed by atoms with Crippen molar-refractivity contribution in [2.75, 3.05) is 20.4 Å². The Balaban J connectivity index is 1.72. The van der Waals surface area contributed by atoms with Crippen LogP contribution in [0.15, 0.2) is 24.3 Å². The Bertz CT molecular complexity index is 686. The summed E-state index contributed by atoms with van der Waals surface area (Å²) in [5, 5.41) is 2.78. The summed E-state index contributed by atoms with van der Waals surface area (Å²) in [6.07, 6.45) is 6.99. The van der Waals surface area contributed by atoms with Crippen LogP contribution >= 0.6 is 0 Å². The number of carbonyl (C=O) groups excluding carboxylic acids is 1. The van der Waals surface area contributed by atoms with Gasteiger partial charge in [-0.1, -0.05) is 12.2 Å². The molecule has 1 amide bonds. The molecule has 1 aromatic carbocycles. The number of allylic oxidation sites excluding steroid dienone is 1. The zero-order chi connectivity index (χ0) is 16.6. The molecule has 0 saturated heterocycles. The minimum atomic E-state index is -0.440. The van der Waals surface area contributed by atoms with Gasteiger partial charge in [-0.2, -0.15) is 0 Å². The summed E-state index contributed by atoms with van der Waals surface area (Å²) < 4.78 is 21.9. The van der Waals surface area contributed by atoms with Crippen molar-refractivity contribution < 1.29 is 23.7 Å². The number of methoxy groups -OCH3 is 1. The fourth-order valence-electron chi connectivity index (χ4n) is 3.92. The van der Waals surface area contributed by atoms with Crippen LogP contribution in [0, 0.1) is 0 Å². The fraction of sp³-hybridized carbons (Fsp3) is 0.500. The lowest BCUT2D eigenvalue weighted by molar-refractivity contribution is -0.0197. The van der Waals surface area contributed by atoms with Crippen molar-refractivity contribution in [2.45, 2.75) is 37.4 Å². The van der Waals surface area contributed by atoms with Crippen LogP contribution in [0.1, 0.15) is 30.4 Å². The number of alkyl carbamates (subject to hydrolysis) is 1. The summed E-state index contributed by atoms with van der Waals surface area (Å²) in [6, 6.07) is 4.10. The van der Waals surface area contributed by atoms with Gasteiger partial charge in [-0.15, -0.1) is 0 Å². The lowest BCUT2D eigenvalue weighted by atomic mass is 9.67. The van der Waals surface area contributed by atoms with E-state index in [4.69, 9.17) is 14.2 Å². The number of hydrogen-bond donors (Lipinski definition) is 1. The van der Waals surface area contributed by atoms with Gasteiger partial charge < -0.3 is 24.3 Å². The maximum Gasteiger partial charge on any atom is 0.406 e. The molecule has 2 aliphatic heterocycles. The van der Waals surface area contributed by atoms with Gasteiger partial charge in [-0.3, -0.25) is 0 Å². The van der Waals surface area contributed by atoms with E-state index >= 15 is 0 Å². The smallest absolute Gasteiger partial charge is 0.406 e. The van der Waals surface area contributed by atoms with Crippen LogP contribution < -0.4 is 14.8 Å². The Hall–Kier alpha value is -2.21. The average Bonchev–Trinajstić information content (AvgIpc) is 3.08. The first-order valence-corrected chi connectivity index (χ1v) is 8.27. The SMILES string of the molecule is COC(=O)NC[C@@H]1OCc2cc3c(cc2[C@]12C=CCCC2)OCO3. The summed E-state index contributed by atoms with van der Waals surface area (Å²) in [7, 11) is 1.36. The third kappa shape index (κ3) is 2.41. The van der Waals surface area contributed by atoms with Crippen molar-refractivity contribution in [1.29, 1.82) is 0 Å². The van der Waals surface area contributed by atoms with Crippen molar-refractivity contribution in [1.82, 2.24) is 5.32 Å². The van der Waals surface area contributed by atoms with E-state index in [0.29, 0.717) is 13.2 Å². The summed E-state index contributed by atoms with van der Waals surface area (Å²) in [5.41, 5.74) is 2.08. The van der Waals surface area contributed by atoms with E-state index in [9.17, 15) is 4.79 Å². The standard InChI is InChI=1S/C18H21NO5/c1-21-17(20)19-9-16-18(5-3-2-4-6-18)13-8-15-14(23-11-24-15)7-12(13)10-22-16/h3,5,7-8,16H,2,4,6,9-11H2,1H3,(H,19,20)/t16-,18+/m0/s1. The predicted octanol–water partition coefficient (Wildman–Crippen LogP) is 2.65. The molecule has 1 aliphatic carbocycles. The molecule has 1 N–H and O–H groups in total. The van der Waals surface area contributed by atoms with Crippen molar-refractivity contribution in [3.05, 3.63) is 35.4 Å². The molecular weight excluding hydrogens is 310 g/mol. The Morgan fingerprint density at radius 1 is 1.38 bits per heavy atom. The second kappa shape index (κ2) is 6.02. The molecule has 1 aromatic rings. The molecule has 6 nitrogen and oxygen atoms in total. The molecule has 0 fully saturated rings. The van der Waals surface area contributed by atoms with E-state index < -0.39 is 6.09 Å². The molecule has 0 saturated carbocycles. The highest BCUT2D eigenvalue weighted by atomic mass is 16.7. The van der Waals surface area contributed by atoms with Gasteiger partial charge in [0.2, 0.25) is 6.79 Å². The topological polar surface area (TPSA) is 66.0 Å². The monoisotopic (exact) mass is 331 g/mol. The molecule has 6 heteroatoms. The number of fused-ring (bicyclic) bond motifs is 3. The molecule has 0 aromatic heterocycles. The quantitative estimate of drug-likeness (QED) is 0.844. The van der Waals surface area contributed by atoms with Gasteiger partial charge in [-0.25, -0.2) is 4.79 Å². The number of benzene rings is 1. The number of amides is 1. The second-order valence-corrected chi connectivity index (χ2v) is 6.37. The first kappa shape index (κ1) is 15.3. The lowest BCUT2D eigenvalue weighted by Gasteiger charge is -2.45. The average molecular weight is 331 g/mol. The molecule has 0 unspecified atom stereocenters. The van der Waals surface area contributed by atoms with Crippen LogP contribution in [0.5, 0.6) is 11.5 Å². The summed E-state index contributed by atoms with van der Waals surface area (Å²) in [4.78, 5) is 11.5. The van der Waals surface area contributed by atoms with Gasteiger partial charge in [-0.05, 0) is 42.5 Å². The second-order valence-electron chi connectivity index (χ2n) is 6.37. The van der Waals surface area contributed by atoms with Crippen LogP contribution in [0.4, 0.5) is 4.79 Å². The Labute approximate surface area is 140 Å². The van der Waals surface area contributed by atoms with Gasteiger partial charge in [0.15, 0.2) is 11.5 Å². The summed E-state index contributed by atoms with van der Waals surface area (Å²) in [6.45, 7) is 1.16. The van der Waals surface area contributed by atoms with Gasteiger partial charge in [0, 0.05) is 12.0 Å². The van der Waals surface area contributed by atoms with E-state index in [1.807, 2.05) is 6.07 Å². The zero-order valence-electron chi connectivity index (χ0n) is 13.7. The van der Waals surface area contributed by atoms with Crippen molar-refractivity contribution in [3.8, 4) is 11.5 Å². The van der Waals surface area contributed by atoms with Crippen LogP contribution in [0.2, 0.25) is 0 Å². The number of hydrogen-bond acceptors (Lipinski definition) is 5. The minimum absolute atomic E-state index is 0.138. The van der Waals surface area contributed by atoms with Crippen LogP contribution in [0.3, 0.4) is 0 Å². The van der Waals surface area contributed by atoms with Crippen LogP contribution in [-0.2, 0) is 21.5 Å². The van der Waals surface area contributed by atoms with E-state index in [1.165, 1.54) is 12.7 Å². The van der Waals surface area contributed by atoms with Crippen LogP contribution in [0.25, 0.3) is 0 Å². The molecular formula is C18H21NO5. The van der Waals surface area contributed by atoms with E-state index in [-0.39, 0.29) is 18.3 Å². The normalized spacial score (nSPS) is 27.0. The minimum Gasteiger partial charge on any atom is -0.454 e. The molecule has 2 atom stereocenters. The number of carbonyl (C=O) groups is 1.